The van der Waals surface area contributed by atoms with E-state index in [1.807, 2.05) is 6.07 Å². The molecule has 7 heteroatoms. The first kappa shape index (κ1) is 18.3. The van der Waals surface area contributed by atoms with Gasteiger partial charge < -0.3 is 19.5 Å². The lowest BCUT2D eigenvalue weighted by molar-refractivity contribution is -0.152. The summed E-state index contributed by atoms with van der Waals surface area (Å²) in [6, 6.07) is 13.7. The molecule has 0 bridgehead atoms. The summed E-state index contributed by atoms with van der Waals surface area (Å²) in [7, 11) is 0. The second-order valence-corrected chi connectivity index (χ2v) is 5.97. The van der Waals surface area contributed by atoms with E-state index in [-0.39, 0.29) is 6.42 Å². The Balaban J connectivity index is 1.55. The van der Waals surface area contributed by atoms with Gasteiger partial charge in [-0.2, -0.15) is 5.26 Å². The Morgan fingerprint density at radius 2 is 1.96 bits per heavy atom. The Morgan fingerprint density at radius 1 is 1.19 bits per heavy atom. The van der Waals surface area contributed by atoms with Gasteiger partial charge in [-0.1, -0.05) is 12.1 Å². The van der Waals surface area contributed by atoms with Crippen LogP contribution in [-0.2, 0) is 20.7 Å². The van der Waals surface area contributed by atoms with Crippen molar-refractivity contribution < 1.29 is 23.8 Å². The van der Waals surface area contributed by atoms with E-state index in [0.29, 0.717) is 41.5 Å². The quantitative estimate of drug-likeness (QED) is 0.816. The zero-order chi connectivity index (χ0) is 19.2. The van der Waals surface area contributed by atoms with Crippen LogP contribution in [0.3, 0.4) is 0 Å². The number of rotatable bonds is 5. The molecule has 0 saturated carbocycles. The normalized spacial score (nSPS) is 13.2. The number of anilines is 1. The zero-order valence-electron chi connectivity index (χ0n) is 14.7. The van der Waals surface area contributed by atoms with Gasteiger partial charge in [0.25, 0.3) is 5.91 Å². The number of hydrogen-bond donors (Lipinski definition) is 1. The molecule has 0 spiro atoms. The van der Waals surface area contributed by atoms with Crippen molar-refractivity contribution in [2.24, 2.45) is 0 Å². The van der Waals surface area contributed by atoms with Gasteiger partial charge in [0.2, 0.25) is 0 Å². The summed E-state index contributed by atoms with van der Waals surface area (Å²) in [6.45, 7) is 2.45. The number of ether oxygens (including phenoxy) is 3. The molecule has 0 radical (unpaired) electrons. The van der Waals surface area contributed by atoms with E-state index in [0.717, 1.165) is 0 Å². The van der Waals surface area contributed by atoms with Crippen molar-refractivity contribution in [3.8, 4) is 17.6 Å². The summed E-state index contributed by atoms with van der Waals surface area (Å²) in [6.07, 6.45) is -0.960. The van der Waals surface area contributed by atoms with E-state index in [1.165, 1.54) is 6.92 Å². The Labute approximate surface area is 156 Å². The molecular formula is C20H18N2O5. The number of fused-ring (bicyclic) bond motifs is 1. The average Bonchev–Trinajstić information content (AvgIpc) is 2.67. The molecule has 1 N–H and O–H groups in total. The van der Waals surface area contributed by atoms with Gasteiger partial charge in [-0.05, 0) is 42.8 Å². The van der Waals surface area contributed by atoms with Gasteiger partial charge in [-0.3, -0.25) is 9.59 Å². The molecule has 1 aliphatic rings. The van der Waals surface area contributed by atoms with Crippen LogP contribution in [0.5, 0.6) is 11.5 Å². The Hall–Kier alpha value is -3.53. The number of nitrogens with zero attached hydrogens (tertiary/aromatic N) is 1. The standard InChI is InChI=1S/C20H18N2O5/c1-13(20(24)22-16-4-2-3-15(9-16)12-21)27-19(23)11-14-5-6-17-18(10-14)26-8-7-25-17/h2-6,9-10,13H,7-8,11H2,1H3,(H,22,24). The van der Waals surface area contributed by atoms with E-state index in [2.05, 4.69) is 5.32 Å². The topological polar surface area (TPSA) is 97.7 Å². The predicted octanol–water partition coefficient (Wildman–Crippen LogP) is 2.44. The number of carbonyl (C=O) groups is 2. The third-order valence-electron chi connectivity index (χ3n) is 3.89. The second-order valence-electron chi connectivity index (χ2n) is 5.97. The van der Waals surface area contributed by atoms with E-state index < -0.39 is 18.0 Å². The van der Waals surface area contributed by atoms with Crippen molar-refractivity contribution in [3.05, 3.63) is 53.6 Å². The Bertz CT molecular complexity index is 903. The number of hydrogen-bond acceptors (Lipinski definition) is 6. The third kappa shape index (κ3) is 4.76. The van der Waals surface area contributed by atoms with Gasteiger partial charge in [0.05, 0.1) is 18.1 Å². The minimum Gasteiger partial charge on any atom is -0.486 e. The molecule has 0 aliphatic carbocycles. The van der Waals surface area contributed by atoms with Crippen LogP contribution in [0, 0.1) is 11.3 Å². The first-order chi connectivity index (χ1) is 13.0. The number of nitrogens with one attached hydrogen (secondary N) is 1. The SMILES string of the molecule is CC(OC(=O)Cc1ccc2c(c1)OCCO2)C(=O)Nc1cccc(C#N)c1. The predicted molar refractivity (Wildman–Crippen MR) is 96.5 cm³/mol. The third-order valence-corrected chi connectivity index (χ3v) is 3.89. The molecule has 2 aromatic carbocycles. The summed E-state index contributed by atoms with van der Waals surface area (Å²) in [5, 5.41) is 11.5. The molecule has 1 amide bonds. The monoisotopic (exact) mass is 366 g/mol. The van der Waals surface area contributed by atoms with E-state index >= 15 is 0 Å². The van der Waals surface area contributed by atoms with Crippen LogP contribution in [0.1, 0.15) is 18.1 Å². The highest BCUT2D eigenvalue weighted by molar-refractivity contribution is 5.95. The molecular weight excluding hydrogens is 348 g/mol. The summed E-state index contributed by atoms with van der Waals surface area (Å²) in [5.74, 6) is 0.237. The summed E-state index contributed by atoms with van der Waals surface area (Å²) in [5.41, 5.74) is 1.60. The first-order valence-electron chi connectivity index (χ1n) is 8.44. The van der Waals surface area contributed by atoms with Crippen LogP contribution < -0.4 is 14.8 Å². The Morgan fingerprint density at radius 3 is 2.74 bits per heavy atom. The fraction of sp³-hybridized carbons (Fsp3) is 0.250. The molecule has 7 nitrogen and oxygen atoms in total. The highest BCUT2D eigenvalue weighted by atomic mass is 16.6. The number of esters is 1. The van der Waals surface area contributed by atoms with Gasteiger partial charge in [0.15, 0.2) is 17.6 Å². The van der Waals surface area contributed by atoms with Crippen LogP contribution in [0.2, 0.25) is 0 Å². The van der Waals surface area contributed by atoms with Crippen LogP contribution in [0.15, 0.2) is 42.5 Å². The molecule has 1 aliphatic heterocycles. The van der Waals surface area contributed by atoms with Crippen molar-refractivity contribution in [1.82, 2.24) is 0 Å². The summed E-state index contributed by atoms with van der Waals surface area (Å²) >= 11 is 0. The second kappa shape index (κ2) is 8.23. The highest BCUT2D eigenvalue weighted by Gasteiger charge is 2.19. The molecule has 2 aromatic rings. The van der Waals surface area contributed by atoms with Crippen molar-refractivity contribution in [1.29, 1.82) is 5.26 Å². The van der Waals surface area contributed by atoms with Gasteiger partial charge in [-0.25, -0.2) is 0 Å². The molecule has 27 heavy (non-hydrogen) atoms. The lowest BCUT2D eigenvalue weighted by Crippen LogP contribution is -2.30. The average molecular weight is 366 g/mol. The number of amides is 1. The molecule has 0 aromatic heterocycles. The highest BCUT2D eigenvalue weighted by Crippen LogP contribution is 2.30. The summed E-state index contributed by atoms with van der Waals surface area (Å²) < 4.78 is 16.1. The van der Waals surface area contributed by atoms with Gasteiger partial charge in [0.1, 0.15) is 13.2 Å². The molecule has 0 fully saturated rings. The molecule has 1 heterocycles. The van der Waals surface area contributed by atoms with E-state index in [1.54, 1.807) is 42.5 Å². The minimum atomic E-state index is -0.972. The van der Waals surface area contributed by atoms with Crippen LogP contribution in [0.4, 0.5) is 5.69 Å². The molecule has 1 atom stereocenters. The molecule has 0 saturated heterocycles. The largest absolute Gasteiger partial charge is 0.486 e. The van der Waals surface area contributed by atoms with Crippen molar-refractivity contribution in [2.75, 3.05) is 18.5 Å². The molecule has 1 unspecified atom stereocenters. The number of benzene rings is 2. The smallest absolute Gasteiger partial charge is 0.311 e. The minimum absolute atomic E-state index is 0.0121. The zero-order valence-corrected chi connectivity index (χ0v) is 14.7. The van der Waals surface area contributed by atoms with Crippen LogP contribution in [-0.4, -0.2) is 31.2 Å². The van der Waals surface area contributed by atoms with E-state index in [4.69, 9.17) is 19.5 Å². The maximum atomic E-state index is 12.2. The fourth-order valence-corrected chi connectivity index (χ4v) is 2.57. The maximum absolute atomic E-state index is 12.2. The first-order valence-corrected chi connectivity index (χ1v) is 8.44. The molecule has 3 rings (SSSR count). The maximum Gasteiger partial charge on any atom is 0.311 e. The van der Waals surface area contributed by atoms with Crippen molar-refractivity contribution in [3.63, 3.8) is 0 Å². The lowest BCUT2D eigenvalue weighted by Gasteiger charge is -2.19. The van der Waals surface area contributed by atoms with E-state index in [9.17, 15) is 9.59 Å². The van der Waals surface area contributed by atoms with Gasteiger partial charge in [0, 0.05) is 5.69 Å². The lowest BCUT2D eigenvalue weighted by atomic mass is 10.1. The van der Waals surface area contributed by atoms with Gasteiger partial charge in [-0.15, -0.1) is 0 Å². The summed E-state index contributed by atoms with van der Waals surface area (Å²) in [4.78, 5) is 24.3. The fourth-order valence-electron chi connectivity index (χ4n) is 2.57. The van der Waals surface area contributed by atoms with Gasteiger partial charge >= 0.3 is 5.97 Å². The van der Waals surface area contributed by atoms with Crippen molar-refractivity contribution in [2.45, 2.75) is 19.4 Å². The number of carbonyl (C=O) groups excluding carboxylic acids is 2. The molecule has 138 valence electrons. The number of nitriles is 1. The van der Waals surface area contributed by atoms with Crippen LogP contribution in [0.25, 0.3) is 0 Å². The Kier molecular flexibility index (Phi) is 5.57. The van der Waals surface area contributed by atoms with Crippen LogP contribution >= 0.6 is 0 Å². The van der Waals surface area contributed by atoms with Crippen molar-refractivity contribution >= 4 is 17.6 Å².